The minimum Gasteiger partial charge on any atom is -0.508 e. The van der Waals surface area contributed by atoms with Gasteiger partial charge in [0, 0.05) is 53.0 Å². The standard InChI is InChI=1S/C21H19FN4O4.C15H13NO4.C15H10O5.C11H11NO4.C10H8N2O2/c22-17-12-15(2-6-21(17)28)26-13-20(24-25-26)19-4-1-14-11-16(3-5-18(14)23-19)30-10-9-29-8-7-27;1-19-13-6-3-11(4-7-13)16-9-10-2-5-12(17)8-14(10)20-15(16)18;16-9-2-3-10-14(6-9)20-7-11(15(10)19)8-1-4-12(17)13(18)5-8;1-15-11(14)10-6-9(12-16-10)7-2-4-8(13)5-3-7;13-7-14-10-3-1-2-8(4-10)9-5-11-12-6-9/h1-6,11-13,27-28H,7-10H2;2-8,17H,9H2,1H3;1-7,16-18H;2-5,10,13H,6H2,1H3;1-7H,(H,11,12)/t;;;10-;/m...1./s1. The summed E-state index contributed by atoms with van der Waals surface area (Å²) in [6.07, 6.45) is 5.65. The van der Waals surface area contributed by atoms with Gasteiger partial charge in [-0.05, 0) is 150 Å². The Balaban J connectivity index is 0.000000139. The number of aromatic nitrogens is 6. The molecule has 0 saturated carbocycles. The van der Waals surface area contributed by atoms with Gasteiger partial charge in [-0.15, -0.1) is 5.10 Å². The van der Waals surface area contributed by atoms with E-state index in [1.54, 1.807) is 105 Å². The molecule has 510 valence electrons. The molecule has 1 amide bonds. The molecule has 0 fully saturated rings. The molecule has 27 nitrogen and oxygen atoms in total. The molecule has 4 aromatic heterocycles. The number of aliphatic hydroxyl groups is 1. The van der Waals surface area contributed by atoms with E-state index in [2.05, 4.69) is 35.4 Å². The zero-order valence-corrected chi connectivity index (χ0v) is 53.0. The van der Waals surface area contributed by atoms with Gasteiger partial charge in [-0.25, -0.2) is 23.6 Å². The molecule has 8 aromatic carbocycles. The van der Waals surface area contributed by atoms with Crippen LogP contribution in [0, 0.1) is 5.82 Å². The van der Waals surface area contributed by atoms with Gasteiger partial charge in [-0.3, -0.25) is 19.6 Å². The number of amides is 1. The van der Waals surface area contributed by atoms with Crippen molar-refractivity contribution in [3.8, 4) is 96.8 Å². The molecule has 0 unspecified atom stereocenters. The molecule has 6 heterocycles. The second kappa shape index (κ2) is 32.9. The Labute approximate surface area is 566 Å². The SMILES string of the molecule is COC(=O)[C@H]1CC(c2ccc(O)cc2)=NO1.COc1ccc(N2Cc3ccc(O)cc3OC2=O)cc1.O=COc1cccc(-c2cn[nH]c2)c1.O=c1c(-c2ccc(O)c(O)c2)coc2cc(O)ccc12.OCCOCCOc1ccc2nc(-c3cn(-c4ccc(O)c(F)c4)nn3)ccc2c1. The molecular formula is C72H61FN8O19. The summed E-state index contributed by atoms with van der Waals surface area (Å²) in [5, 5.41) is 84.4. The van der Waals surface area contributed by atoms with E-state index in [0.29, 0.717) is 90.2 Å². The number of fused-ring (bicyclic) bond motifs is 3. The summed E-state index contributed by atoms with van der Waals surface area (Å²) in [7, 11) is 2.90. The van der Waals surface area contributed by atoms with Gasteiger partial charge in [-0.2, -0.15) is 5.10 Å². The Bertz CT molecular complexity index is 4920. The second-order valence-corrected chi connectivity index (χ2v) is 21.4. The molecule has 14 rings (SSSR count). The number of carbonyl (C=O) groups is 3. The lowest BCUT2D eigenvalue weighted by molar-refractivity contribution is -0.152. The average Bonchev–Trinajstić information content (AvgIpc) is 1.59. The van der Waals surface area contributed by atoms with Gasteiger partial charge in [0.25, 0.3) is 6.47 Å². The summed E-state index contributed by atoms with van der Waals surface area (Å²) in [5.41, 5.74) is 8.05. The summed E-state index contributed by atoms with van der Waals surface area (Å²) in [6.45, 7) is 1.88. The number of hydrogen-bond donors (Lipinski definition) is 8. The lowest BCUT2D eigenvalue weighted by atomic mass is 10.0. The number of halogens is 1. The Morgan fingerprint density at radius 2 is 1.45 bits per heavy atom. The van der Waals surface area contributed by atoms with Gasteiger partial charge >= 0.3 is 12.1 Å². The Hall–Kier alpha value is -13.3. The van der Waals surface area contributed by atoms with Crippen molar-refractivity contribution in [3.05, 3.63) is 228 Å². The van der Waals surface area contributed by atoms with Crippen molar-refractivity contribution >= 4 is 51.8 Å². The van der Waals surface area contributed by atoms with Gasteiger partial charge < -0.3 is 73.4 Å². The number of rotatable bonds is 16. The van der Waals surface area contributed by atoms with E-state index < -0.39 is 29.7 Å². The van der Waals surface area contributed by atoms with E-state index in [0.717, 1.165) is 44.6 Å². The highest BCUT2D eigenvalue weighted by molar-refractivity contribution is 6.03. The zero-order valence-electron chi connectivity index (χ0n) is 53.0. The number of carbonyl (C=O) groups excluding carboxylic acids is 3. The Kier molecular flexibility index (Phi) is 22.8. The quantitative estimate of drug-likeness (QED) is 0.0193. The predicted octanol–water partition coefficient (Wildman–Crippen LogP) is 10.9. The average molecular weight is 1360 g/mol. The third-order valence-electron chi connectivity index (χ3n) is 14.8. The van der Waals surface area contributed by atoms with Crippen molar-refractivity contribution in [2.24, 2.45) is 5.16 Å². The van der Waals surface area contributed by atoms with Crippen LogP contribution in [0.15, 0.2) is 215 Å². The third kappa shape index (κ3) is 17.8. The number of oxime groups is 1. The predicted molar refractivity (Wildman–Crippen MR) is 360 cm³/mol. The van der Waals surface area contributed by atoms with Crippen LogP contribution in [-0.2, 0) is 30.4 Å². The van der Waals surface area contributed by atoms with Crippen LogP contribution in [0.2, 0.25) is 0 Å². The number of methoxy groups -OCH3 is 2. The third-order valence-corrected chi connectivity index (χ3v) is 14.8. The molecule has 0 bridgehead atoms. The molecule has 0 aliphatic carbocycles. The molecule has 1 atom stereocenters. The number of esters is 1. The molecule has 12 aromatic rings. The summed E-state index contributed by atoms with van der Waals surface area (Å²) >= 11 is 0. The van der Waals surface area contributed by atoms with Crippen LogP contribution < -0.4 is 29.3 Å². The number of nitrogens with zero attached hydrogens (tertiary/aromatic N) is 7. The largest absolute Gasteiger partial charge is 0.508 e. The normalized spacial score (nSPS) is 12.6. The van der Waals surface area contributed by atoms with E-state index >= 15 is 0 Å². The first-order valence-electron chi connectivity index (χ1n) is 30.1. The number of nitrogens with one attached hydrogen (secondary N) is 1. The number of pyridine rings is 1. The lowest BCUT2D eigenvalue weighted by Gasteiger charge is -2.28. The number of aromatic hydroxyl groups is 6. The summed E-state index contributed by atoms with van der Waals surface area (Å²) in [5.74, 6) is 0.475. The molecule has 8 N–H and O–H groups in total. The first-order valence-corrected chi connectivity index (χ1v) is 30.1. The van der Waals surface area contributed by atoms with E-state index in [-0.39, 0.29) is 51.9 Å². The van der Waals surface area contributed by atoms with Crippen molar-refractivity contribution in [1.82, 2.24) is 30.2 Å². The molecule has 0 saturated heterocycles. The number of benzene rings is 8. The fourth-order valence-electron chi connectivity index (χ4n) is 9.66. The summed E-state index contributed by atoms with van der Waals surface area (Å²) in [4.78, 5) is 56.8. The number of phenolic OH excluding ortho intramolecular Hbond substituents is 6. The van der Waals surface area contributed by atoms with Crippen molar-refractivity contribution in [2.75, 3.05) is 45.5 Å². The minimum absolute atomic E-state index is 0.00989. The van der Waals surface area contributed by atoms with Crippen molar-refractivity contribution in [1.29, 1.82) is 0 Å². The maximum absolute atomic E-state index is 13.6. The highest BCUT2D eigenvalue weighted by Gasteiger charge is 2.30. The van der Waals surface area contributed by atoms with Crippen LogP contribution in [0.25, 0.3) is 61.2 Å². The van der Waals surface area contributed by atoms with Crippen molar-refractivity contribution in [3.63, 3.8) is 0 Å². The topological polar surface area (TPSA) is 376 Å². The van der Waals surface area contributed by atoms with Crippen molar-refractivity contribution < 1.29 is 92.2 Å². The van der Waals surface area contributed by atoms with Gasteiger partial charge in [0.1, 0.15) is 64.4 Å². The second-order valence-electron chi connectivity index (χ2n) is 21.4. The number of phenols is 6. The first-order chi connectivity index (χ1) is 48.5. The molecule has 0 radical (unpaired) electrons. The number of H-pyrrole nitrogens is 1. The molecule has 100 heavy (non-hydrogen) atoms. The number of anilines is 1. The van der Waals surface area contributed by atoms with Gasteiger partial charge in [-0.1, -0.05) is 34.6 Å². The molecule has 28 heteroatoms. The van der Waals surface area contributed by atoms with E-state index in [4.69, 9.17) is 43.2 Å². The smallest absolute Gasteiger partial charge is 0.420 e. The minimum atomic E-state index is -0.730. The van der Waals surface area contributed by atoms with Crippen LogP contribution in [0.5, 0.6) is 57.5 Å². The van der Waals surface area contributed by atoms with Crippen molar-refractivity contribution in [2.45, 2.75) is 19.1 Å². The number of aliphatic hydroxyl groups excluding tert-OH is 1. The molecule has 2 aliphatic rings. The van der Waals surface area contributed by atoms with Crippen LogP contribution in [-0.4, -0.2) is 137 Å². The molecular weight excluding hydrogens is 1300 g/mol. The Morgan fingerprint density at radius 3 is 2.19 bits per heavy atom. The van der Waals surface area contributed by atoms with Crippen LogP contribution in [0.3, 0.4) is 0 Å². The zero-order chi connectivity index (χ0) is 70.7. The number of hydrogen-bond acceptors (Lipinski definition) is 24. The number of ether oxygens (including phenoxy) is 6. The van der Waals surface area contributed by atoms with E-state index in [1.807, 2.05) is 42.5 Å². The monoisotopic (exact) mass is 1360 g/mol. The number of aromatic amines is 1. The van der Waals surface area contributed by atoms with Crippen LogP contribution >= 0.6 is 0 Å². The summed E-state index contributed by atoms with van der Waals surface area (Å²) < 4.78 is 50.7. The maximum Gasteiger partial charge on any atom is 0.420 e. The van der Waals surface area contributed by atoms with Gasteiger partial charge in [0.15, 0.2) is 28.5 Å². The highest BCUT2D eigenvalue weighted by Crippen LogP contribution is 2.34. The first kappa shape index (κ1) is 69.5. The maximum atomic E-state index is 13.6. The van der Waals surface area contributed by atoms with Gasteiger partial charge in [0.2, 0.25) is 6.10 Å². The fraction of sp³-hybridized carbons (Fsp3) is 0.125. The van der Waals surface area contributed by atoms with Crippen LogP contribution in [0.1, 0.15) is 17.5 Å². The van der Waals surface area contributed by atoms with E-state index in [1.165, 1.54) is 77.6 Å². The highest BCUT2D eigenvalue weighted by atomic mass is 19.1. The van der Waals surface area contributed by atoms with E-state index in [9.17, 15) is 49.1 Å². The molecule has 0 spiro atoms. The lowest BCUT2D eigenvalue weighted by Crippen LogP contribution is -2.36. The van der Waals surface area contributed by atoms with Crippen LogP contribution in [0.4, 0.5) is 14.9 Å². The van der Waals surface area contributed by atoms with Gasteiger partial charge in [0.05, 0.1) is 86.5 Å². The summed E-state index contributed by atoms with van der Waals surface area (Å²) in [6, 6.07) is 47.3. The fourth-order valence-corrected chi connectivity index (χ4v) is 9.66. The molecule has 2 aliphatic heterocycles. The Morgan fingerprint density at radius 1 is 0.700 bits per heavy atom.